The van der Waals surface area contributed by atoms with Gasteiger partial charge in [0.1, 0.15) is 0 Å². The van der Waals surface area contributed by atoms with Crippen LogP contribution in [0.15, 0.2) is 18.2 Å². The van der Waals surface area contributed by atoms with Gasteiger partial charge < -0.3 is 19.1 Å². The third-order valence-electron chi connectivity index (χ3n) is 5.32. The summed E-state index contributed by atoms with van der Waals surface area (Å²) in [5.74, 6) is 0.390. The number of carbonyl (C=O) groups is 3. The second-order valence-electron chi connectivity index (χ2n) is 7.45. The quantitative estimate of drug-likeness (QED) is 0.457. The van der Waals surface area contributed by atoms with Gasteiger partial charge in [-0.15, -0.1) is 11.3 Å². The van der Waals surface area contributed by atoms with Crippen LogP contribution in [-0.2, 0) is 27.3 Å². The van der Waals surface area contributed by atoms with Gasteiger partial charge in [-0.05, 0) is 49.6 Å². The molecule has 0 fully saturated rings. The summed E-state index contributed by atoms with van der Waals surface area (Å²) in [6.45, 7) is 4.46. The standard InChI is InChI=1S/C23H27NO6S/c1-14-9-18(15(2)31-14)19(25)5-6-23(27)30-13-22(26)24-8-7-16-10-20(28-3)21(29-4)11-17(16)12-24/h9-11H,5-8,12-13H2,1-4H3. The number of Topliss-reactive ketones (excluding diaryl/α,β-unsaturated/α-hetero) is 1. The summed E-state index contributed by atoms with van der Waals surface area (Å²) < 4.78 is 15.8. The maximum absolute atomic E-state index is 12.5. The van der Waals surface area contributed by atoms with Gasteiger partial charge in [-0.2, -0.15) is 0 Å². The Hall–Kier alpha value is -2.87. The van der Waals surface area contributed by atoms with Crippen molar-refractivity contribution >= 4 is 29.0 Å². The molecule has 0 aliphatic carbocycles. The first-order chi connectivity index (χ1) is 14.8. The lowest BCUT2D eigenvalue weighted by molar-refractivity contribution is -0.152. The van der Waals surface area contributed by atoms with Crippen molar-refractivity contribution in [3.8, 4) is 11.5 Å². The average Bonchev–Trinajstić information content (AvgIpc) is 3.12. The number of nitrogens with zero attached hydrogens (tertiary/aromatic N) is 1. The third-order valence-corrected chi connectivity index (χ3v) is 6.29. The van der Waals surface area contributed by atoms with Crippen LogP contribution in [0.25, 0.3) is 0 Å². The molecule has 2 heterocycles. The minimum Gasteiger partial charge on any atom is -0.493 e. The number of rotatable bonds is 8. The van der Waals surface area contributed by atoms with Crippen LogP contribution in [0.5, 0.6) is 11.5 Å². The van der Waals surface area contributed by atoms with E-state index in [1.54, 1.807) is 30.5 Å². The molecule has 0 N–H and O–H groups in total. The fourth-order valence-corrected chi connectivity index (χ4v) is 4.60. The number of carbonyl (C=O) groups excluding carboxylic acids is 3. The molecule has 0 saturated heterocycles. The number of hydrogen-bond acceptors (Lipinski definition) is 7. The number of methoxy groups -OCH3 is 2. The van der Waals surface area contributed by atoms with Crippen molar-refractivity contribution in [2.75, 3.05) is 27.4 Å². The number of aryl methyl sites for hydroxylation is 2. The number of esters is 1. The van der Waals surface area contributed by atoms with Gasteiger partial charge in [-0.3, -0.25) is 14.4 Å². The van der Waals surface area contributed by atoms with Crippen molar-refractivity contribution in [1.82, 2.24) is 4.90 Å². The van der Waals surface area contributed by atoms with Gasteiger partial charge in [0.05, 0.1) is 20.6 Å². The molecule has 0 unspecified atom stereocenters. The van der Waals surface area contributed by atoms with E-state index in [2.05, 4.69) is 0 Å². The van der Waals surface area contributed by atoms with E-state index in [1.165, 1.54) is 0 Å². The van der Waals surface area contributed by atoms with Crippen LogP contribution < -0.4 is 9.47 Å². The number of ether oxygens (including phenoxy) is 3. The lowest BCUT2D eigenvalue weighted by atomic mass is 9.99. The van der Waals surface area contributed by atoms with E-state index >= 15 is 0 Å². The van der Waals surface area contributed by atoms with E-state index in [9.17, 15) is 14.4 Å². The lowest BCUT2D eigenvalue weighted by Crippen LogP contribution is -2.38. The van der Waals surface area contributed by atoms with Gasteiger partial charge >= 0.3 is 5.97 Å². The Labute approximate surface area is 185 Å². The van der Waals surface area contributed by atoms with E-state index in [0.29, 0.717) is 36.6 Å². The predicted molar refractivity (Wildman–Crippen MR) is 117 cm³/mol. The molecule has 7 nitrogen and oxygen atoms in total. The highest BCUT2D eigenvalue weighted by molar-refractivity contribution is 7.12. The van der Waals surface area contributed by atoms with Gasteiger partial charge in [0.2, 0.25) is 0 Å². The van der Waals surface area contributed by atoms with Crippen molar-refractivity contribution < 1.29 is 28.6 Å². The van der Waals surface area contributed by atoms with E-state index in [4.69, 9.17) is 14.2 Å². The van der Waals surface area contributed by atoms with Crippen LogP contribution in [0.1, 0.15) is 44.1 Å². The summed E-state index contributed by atoms with van der Waals surface area (Å²) >= 11 is 1.56. The maximum Gasteiger partial charge on any atom is 0.306 e. The Kier molecular flexibility index (Phi) is 7.33. The highest BCUT2D eigenvalue weighted by atomic mass is 32.1. The summed E-state index contributed by atoms with van der Waals surface area (Å²) in [5, 5.41) is 0. The highest BCUT2D eigenvalue weighted by Gasteiger charge is 2.24. The highest BCUT2D eigenvalue weighted by Crippen LogP contribution is 2.33. The number of ketones is 1. The fraction of sp³-hybridized carbons (Fsp3) is 0.435. The van der Waals surface area contributed by atoms with Gasteiger partial charge in [0, 0.05) is 34.8 Å². The molecule has 1 aromatic carbocycles. The molecule has 8 heteroatoms. The lowest BCUT2D eigenvalue weighted by Gasteiger charge is -2.29. The molecule has 0 bridgehead atoms. The van der Waals surface area contributed by atoms with Crippen molar-refractivity contribution in [1.29, 1.82) is 0 Å². The molecule has 1 aliphatic rings. The van der Waals surface area contributed by atoms with E-state index in [0.717, 1.165) is 20.9 Å². The summed E-state index contributed by atoms with van der Waals surface area (Å²) in [6, 6.07) is 5.65. The van der Waals surface area contributed by atoms with Crippen LogP contribution >= 0.6 is 11.3 Å². The van der Waals surface area contributed by atoms with Crippen LogP contribution in [0.2, 0.25) is 0 Å². The smallest absolute Gasteiger partial charge is 0.306 e. The van der Waals surface area contributed by atoms with Gasteiger partial charge in [0.15, 0.2) is 23.9 Å². The van der Waals surface area contributed by atoms with Crippen molar-refractivity contribution in [3.63, 3.8) is 0 Å². The Morgan fingerprint density at radius 1 is 1.00 bits per heavy atom. The second kappa shape index (κ2) is 9.96. The summed E-state index contributed by atoms with van der Waals surface area (Å²) in [5.41, 5.74) is 2.75. The van der Waals surface area contributed by atoms with E-state index in [-0.39, 0.29) is 31.1 Å². The molecule has 1 amide bonds. The first-order valence-corrected chi connectivity index (χ1v) is 10.9. The Balaban J connectivity index is 1.49. The molecular formula is C23H27NO6S. The molecule has 0 saturated carbocycles. The molecule has 31 heavy (non-hydrogen) atoms. The van der Waals surface area contributed by atoms with Crippen molar-refractivity contribution in [2.24, 2.45) is 0 Å². The average molecular weight is 446 g/mol. The van der Waals surface area contributed by atoms with Gasteiger partial charge in [0.25, 0.3) is 5.91 Å². The second-order valence-corrected chi connectivity index (χ2v) is 8.91. The fourth-order valence-electron chi connectivity index (χ4n) is 3.66. The molecule has 2 aromatic rings. The molecule has 3 rings (SSSR count). The zero-order chi connectivity index (χ0) is 22.5. The molecule has 0 spiro atoms. The Morgan fingerprint density at radius 2 is 1.68 bits per heavy atom. The SMILES string of the molecule is COc1cc2c(cc1OC)CN(C(=O)COC(=O)CCC(=O)c1cc(C)sc1C)CC2. The molecule has 0 atom stereocenters. The summed E-state index contributed by atoms with van der Waals surface area (Å²) in [6.07, 6.45) is 0.715. The Morgan fingerprint density at radius 3 is 2.29 bits per heavy atom. The maximum atomic E-state index is 12.5. The summed E-state index contributed by atoms with van der Waals surface area (Å²) in [4.78, 5) is 40.5. The number of hydrogen-bond donors (Lipinski definition) is 0. The monoisotopic (exact) mass is 445 g/mol. The van der Waals surface area contributed by atoms with Gasteiger partial charge in [-0.25, -0.2) is 0 Å². The van der Waals surface area contributed by atoms with Crippen molar-refractivity contribution in [3.05, 3.63) is 44.6 Å². The van der Waals surface area contributed by atoms with E-state index in [1.807, 2.05) is 32.0 Å². The van der Waals surface area contributed by atoms with Crippen molar-refractivity contribution in [2.45, 2.75) is 39.7 Å². The largest absolute Gasteiger partial charge is 0.493 e. The predicted octanol–water partition coefficient (Wildman–Crippen LogP) is 3.47. The number of fused-ring (bicyclic) bond motifs is 1. The van der Waals surface area contributed by atoms with Crippen LogP contribution in [0, 0.1) is 13.8 Å². The first kappa shape index (κ1) is 22.8. The summed E-state index contributed by atoms with van der Waals surface area (Å²) in [7, 11) is 3.16. The zero-order valence-electron chi connectivity index (χ0n) is 18.3. The van der Waals surface area contributed by atoms with Gasteiger partial charge in [-0.1, -0.05) is 0 Å². The minimum absolute atomic E-state index is 0.0414. The first-order valence-electron chi connectivity index (χ1n) is 10.1. The van der Waals surface area contributed by atoms with E-state index < -0.39 is 5.97 Å². The topological polar surface area (TPSA) is 82.1 Å². The molecule has 1 aliphatic heterocycles. The van der Waals surface area contributed by atoms with Crippen LogP contribution in [0.4, 0.5) is 0 Å². The zero-order valence-corrected chi connectivity index (χ0v) is 19.1. The van der Waals surface area contributed by atoms with Crippen LogP contribution in [0.3, 0.4) is 0 Å². The Bertz CT molecular complexity index is 996. The molecule has 166 valence electrons. The third kappa shape index (κ3) is 5.44. The molecular weight excluding hydrogens is 418 g/mol. The number of thiophene rings is 1. The minimum atomic E-state index is -0.546. The number of benzene rings is 1. The normalized spacial score (nSPS) is 12.8. The molecule has 1 aromatic heterocycles. The number of amides is 1. The van der Waals surface area contributed by atoms with Crippen LogP contribution in [-0.4, -0.2) is 49.9 Å². The molecule has 0 radical (unpaired) electrons.